The molecule has 6 heteroatoms. The van der Waals surface area contributed by atoms with Gasteiger partial charge in [0.1, 0.15) is 11.4 Å². The van der Waals surface area contributed by atoms with Gasteiger partial charge in [0.15, 0.2) is 5.78 Å². The van der Waals surface area contributed by atoms with Crippen LogP contribution in [-0.2, 0) is 4.79 Å². The highest BCUT2D eigenvalue weighted by atomic mass is 35.5. The highest BCUT2D eigenvalue weighted by Crippen LogP contribution is 2.27. The molecule has 2 rings (SSSR count). The van der Waals surface area contributed by atoms with Gasteiger partial charge in [0.05, 0.1) is 0 Å². The number of nitrogens with zero attached hydrogens (tertiary/aromatic N) is 2. The van der Waals surface area contributed by atoms with Gasteiger partial charge in [-0.15, -0.1) is 0 Å². The quantitative estimate of drug-likeness (QED) is 0.854. The molecule has 1 N–H and O–H groups in total. The molecule has 120 valence electrons. The maximum absolute atomic E-state index is 12.1. The first-order chi connectivity index (χ1) is 10.9. The molecule has 2 aromatic rings. The number of amides is 1. The fourth-order valence-corrected chi connectivity index (χ4v) is 2.25. The van der Waals surface area contributed by atoms with Gasteiger partial charge in [-0.2, -0.15) is 0 Å². The van der Waals surface area contributed by atoms with E-state index in [1.807, 2.05) is 6.07 Å². The third-order valence-corrected chi connectivity index (χ3v) is 3.59. The SMILES string of the molecule is CN(C)C(=O)CCC(=O)c1ncc(-c2cccc(Cl)c2)cc1O. The van der Waals surface area contributed by atoms with Crippen molar-refractivity contribution in [3.05, 3.63) is 47.2 Å². The Morgan fingerprint density at radius 3 is 2.52 bits per heavy atom. The van der Waals surface area contributed by atoms with E-state index in [1.165, 1.54) is 17.2 Å². The summed E-state index contributed by atoms with van der Waals surface area (Å²) in [4.78, 5) is 29.1. The fourth-order valence-electron chi connectivity index (χ4n) is 2.06. The van der Waals surface area contributed by atoms with Crippen molar-refractivity contribution in [1.29, 1.82) is 0 Å². The fraction of sp³-hybridized carbons (Fsp3) is 0.235. The lowest BCUT2D eigenvalue weighted by Crippen LogP contribution is -2.22. The molecule has 1 aromatic heterocycles. The van der Waals surface area contributed by atoms with Crippen LogP contribution < -0.4 is 0 Å². The predicted octanol–water partition coefficient (Wildman–Crippen LogP) is 3.16. The van der Waals surface area contributed by atoms with Gasteiger partial charge < -0.3 is 10.0 Å². The number of rotatable bonds is 5. The number of hydrogen-bond acceptors (Lipinski definition) is 4. The van der Waals surface area contributed by atoms with Crippen molar-refractivity contribution in [1.82, 2.24) is 9.88 Å². The second kappa shape index (κ2) is 7.24. The average molecular weight is 333 g/mol. The number of carbonyl (C=O) groups is 2. The summed E-state index contributed by atoms with van der Waals surface area (Å²) < 4.78 is 0. The van der Waals surface area contributed by atoms with Crippen molar-refractivity contribution >= 4 is 23.3 Å². The number of aromatic hydroxyl groups is 1. The first-order valence-corrected chi connectivity index (χ1v) is 7.44. The third kappa shape index (κ3) is 4.29. The summed E-state index contributed by atoms with van der Waals surface area (Å²) in [5.74, 6) is -0.714. The van der Waals surface area contributed by atoms with E-state index in [-0.39, 0.29) is 36.0 Å². The maximum atomic E-state index is 12.1. The Kier molecular flexibility index (Phi) is 5.34. The zero-order chi connectivity index (χ0) is 17.0. The maximum Gasteiger partial charge on any atom is 0.222 e. The van der Waals surface area contributed by atoms with Crippen LogP contribution >= 0.6 is 11.6 Å². The van der Waals surface area contributed by atoms with E-state index < -0.39 is 0 Å². The van der Waals surface area contributed by atoms with E-state index in [0.717, 1.165) is 5.56 Å². The first kappa shape index (κ1) is 17.0. The molecule has 0 saturated heterocycles. The molecular weight excluding hydrogens is 316 g/mol. The second-order valence-corrected chi connectivity index (χ2v) is 5.75. The van der Waals surface area contributed by atoms with Gasteiger partial charge in [-0.3, -0.25) is 9.59 Å². The van der Waals surface area contributed by atoms with Gasteiger partial charge in [0, 0.05) is 43.7 Å². The number of halogens is 1. The molecule has 0 spiro atoms. The Balaban J connectivity index is 2.16. The minimum atomic E-state index is -0.365. The molecular formula is C17H17ClN2O3. The molecule has 0 unspecified atom stereocenters. The molecule has 0 bridgehead atoms. The van der Waals surface area contributed by atoms with Gasteiger partial charge in [0.25, 0.3) is 0 Å². The molecule has 0 aliphatic heterocycles. The van der Waals surface area contributed by atoms with Crippen LogP contribution in [0.25, 0.3) is 11.1 Å². The van der Waals surface area contributed by atoms with E-state index in [2.05, 4.69) is 4.98 Å². The summed E-state index contributed by atoms with van der Waals surface area (Å²) >= 11 is 5.94. The minimum Gasteiger partial charge on any atom is -0.506 e. The standard InChI is InChI=1S/C17H17ClN2O3/c1-20(2)16(23)7-6-14(21)17-15(22)9-12(10-19-17)11-4-3-5-13(18)8-11/h3-5,8-10,22H,6-7H2,1-2H3. The lowest BCUT2D eigenvalue weighted by Gasteiger charge is -2.10. The van der Waals surface area contributed by atoms with Gasteiger partial charge in [-0.05, 0) is 23.8 Å². The summed E-state index contributed by atoms with van der Waals surface area (Å²) in [6.45, 7) is 0. The summed E-state index contributed by atoms with van der Waals surface area (Å²) in [7, 11) is 3.25. The molecule has 0 saturated carbocycles. The normalized spacial score (nSPS) is 10.4. The molecule has 5 nitrogen and oxygen atoms in total. The number of pyridine rings is 1. The monoisotopic (exact) mass is 332 g/mol. The van der Waals surface area contributed by atoms with E-state index in [0.29, 0.717) is 10.6 Å². The van der Waals surface area contributed by atoms with Crippen molar-refractivity contribution in [3.63, 3.8) is 0 Å². The van der Waals surface area contributed by atoms with Crippen LogP contribution in [0.15, 0.2) is 36.5 Å². The highest BCUT2D eigenvalue weighted by molar-refractivity contribution is 6.30. The number of carbonyl (C=O) groups excluding carboxylic acids is 2. The van der Waals surface area contributed by atoms with Crippen LogP contribution in [-0.4, -0.2) is 40.8 Å². The van der Waals surface area contributed by atoms with Crippen LogP contribution in [0.5, 0.6) is 5.75 Å². The molecule has 1 amide bonds. The molecule has 0 radical (unpaired) electrons. The first-order valence-electron chi connectivity index (χ1n) is 7.07. The lowest BCUT2D eigenvalue weighted by atomic mass is 10.1. The van der Waals surface area contributed by atoms with Gasteiger partial charge >= 0.3 is 0 Å². The van der Waals surface area contributed by atoms with E-state index >= 15 is 0 Å². The highest BCUT2D eigenvalue weighted by Gasteiger charge is 2.16. The van der Waals surface area contributed by atoms with E-state index in [1.54, 1.807) is 32.3 Å². The molecule has 0 fully saturated rings. The van der Waals surface area contributed by atoms with Crippen molar-refractivity contribution in [2.45, 2.75) is 12.8 Å². The number of aromatic nitrogens is 1. The van der Waals surface area contributed by atoms with Crippen LogP contribution in [0, 0.1) is 0 Å². The van der Waals surface area contributed by atoms with E-state index in [4.69, 9.17) is 11.6 Å². The number of ketones is 1. The molecule has 0 atom stereocenters. The molecule has 1 aromatic carbocycles. The van der Waals surface area contributed by atoms with Crippen LogP contribution in [0.1, 0.15) is 23.3 Å². The Morgan fingerprint density at radius 2 is 1.91 bits per heavy atom. The van der Waals surface area contributed by atoms with Crippen molar-refractivity contribution in [3.8, 4) is 16.9 Å². The number of benzene rings is 1. The Hall–Kier alpha value is -2.40. The average Bonchev–Trinajstić information content (AvgIpc) is 2.52. The van der Waals surface area contributed by atoms with Gasteiger partial charge in [-0.25, -0.2) is 4.98 Å². The van der Waals surface area contributed by atoms with Gasteiger partial charge in [-0.1, -0.05) is 23.7 Å². The zero-order valence-electron chi connectivity index (χ0n) is 12.9. The molecule has 0 aliphatic carbocycles. The molecule has 0 aliphatic rings. The second-order valence-electron chi connectivity index (χ2n) is 5.31. The lowest BCUT2D eigenvalue weighted by molar-refractivity contribution is -0.128. The largest absolute Gasteiger partial charge is 0.506 e. The molecule has 23 heavy (non-hydrogen) atoms. The Bertz CT molecular complexity index is 744. The number of hydrogen-bond donors (Lipinski definition) is 1. The van der Waals surface area contributed by atoms with Gasteiger partial charge in [0.2, 0.25) is 5.91 Å². The smallest absolute Gasteiger partial charge is 0.222 e. The summed E-state index contributed by atoms with van der Waals surface area (Å²) in [5, 5.41) is 10.6. The minimum absolute atomic E-state index is 0.00802. The van der Waals surface area contributed by atoms with Crippen LogP contribution in [0.2, 0.25) is 5.02 Å². The zero-order valence-corrected chi connectivity index (χ0v) is 13.7. The topological polar surface area (TPSA) is 70.5 Å². The van der Waals surface area contributed by atoms with E-state index in [9.17, 15) is 14.7 Å². The van der Waals surface area contributed by atoms with Crippen LogP contribution in [0.4, 0.5) is 0 Å². The Morgan fingerprint density at radius 1 is 1.17 bits per heavy atom. The van der Waals surface area contributed by atoms with Crippen molar-refractivity contribution < 1.29 is 14.7 Å². The summed E-state index contributed by atoms with van der Waals surface area (Å²) in [6, 6.07) is 8.59. The Labute approximate surface area is 139 Å². The molecule has 1 heterocycles. The van der Waals surface area contributed by atoms with Crippen LogP contribution in [0.3, 0.4) is 0 Å². The van der Waals surface area contributed by atoms with Crippen molar-refractivity contribution in [2.75, 3.05) is 14.1 Å². The van der Waals surface area contributed by atoms with Crippen molar-refractivity contribution in [2.24, 2.45) is 0 Å². The predicted molar refractivity (Wildman–Crippen MR) is 88.6 cm³/mol. The summed E-state index contributed by atoms with van der Waals surface area (Å²) in [6.07, 6.45) is 1.60. The third-order valence-electron chi connectivity index (χ3n) is 3.35. The number of Topliss-reactive ketones (excluding diaryl/α,β-unsaturated/α-hetero) is 1. The summed E-state index contributed by atoms with van der Waals surface area (Å²) in [5.41, 5.74) is 1.43.